The molecule has 1 unspecified atom stereocenters. The lowest BCUT2D eigenvalue weighted by atomic mass is 9.94. The SMILES string of the molecule is CC(C)OC(=O)CC1CCCN(Cc2ccc(Cl)cc2)C1. The summed E-state index contributed by atoms with van der Waals surface area (Å²) in [6.45, 7) is 6.78. The summed E-state index contributed by atoms with van der Waals surface area (Å²) in [7, 11) is 0. The Morgan fingerprint density at radius 1 is 1.38 bits per heavy atom. The molecule has 3 nitrogen and oxygen atoms in total. The molecule has 1 saturated heterocycles. The van der Waals surface area contributed by atoms with Gasteiger partial charge in [-0.3, -0.25) is 9.69 Å². The Bertz CT molecular complexity index is 458. The predicted octanol–water partition coefficient (Wildman–Crippen LogP) is 3.89. The maximum absolute atomic E-state index is 11.8. The average molecular weight is 310 g/mol. The van der Waals surface area contributed by atoms with Crippen LogP contribution in [0.4, 0.5) is 0 Å². The first-order valence-corrected chi connectivity index (χ1v) is 8.07. The van der Waals surface area contributed by atoms with Crippen LogP contribution in [0.1, 0.15) is 38.7 Å². The van der Waals surface area contributed by atoms with E-state index in [1.165, 1.54) is 5.56 Å². The van der Waals surface area contributed by atoms with Gasteiger partial charge in [-0.1, -0.05) is 23.7 Å². The molecule has 1 aliphatic rings. The molecule has 0 bridgehead atoms. The summed E-state index contributed by atoms with van der Waals surface area (Å²) >= 11 is 5.91. The Hall–Kier alpha value is -1.06. The second-order valence-corrected chi connectivity index (χ2v) is 6.55. The normalized spacial score (nSPS) is 19.7. The highest BCUT2D eigenvalue weighted by Crippen LogP contribution is 2.22. The minimum absolute atomic E-state index is 0.0220. The van der Waals surface area contributed by atoms with Crippen molar-refractivity contribution in [3.8, 4) is 0 Å². The molecule has 21 heavy (non-hydrogen) atoms. The Kier molecular flexibility index (Phi) is 6.07. The fraction of sp³-hybridized carbons (Fsp3) is 0.588. The zero-order chi connectivity index (χ0) is 15.2. The second kappa shape index (κ2) is 7.81. The topological polar surface area (TPSA) is 29.5 Å². The van der Waals surface area contributed by atoms with Crippen LogP contribution in [0.2, 0.25) is 5.02 Å². The maximum Gasteiger partial charge on any atom is 0.306 e. The number of hydrogen-bond donors (Lipinski definition) is 0. The molecule has 2 rings (SSSR count). The Morgan fingerprint density at radius 2 is 2.10 bits per heavy atom. The van der Waals surface area contributed by atoms with Gasteiger partial charge >= 0.3 is 5.97 Å². The van der Waals surface area contributed by atoms with Gasteiger partial charge in [-0.2, -0.15) is 0 Å². The summed E-state index contributed by atoms with van der Waals surface area (Å²) in [5.74, 6) is 0.348. The van der Waals surface area contributed by atoms with Crippen LogP contribution in [0.3, 0.4) is 0 Å². The van der Waals surface area contributed by atoms with Crippen LogP contribution in [-0.4, -0.2) is 30.1 Å². The fourth-order valence-corrected chi connectivity index (χ4v) is 2.98. The first kappa shape index (κ1) is 16.3. The van der Waals surface area contributed by atoms with Crippen molar-refractivity contribution in [1.82, 2.24) is 4.90 Å². The number of piperidine rings is 1. The molecule has 0 radical (unpaired) electrons. The molecule has 0 aliphatic carbocycles. The van der Waals surface area contributed by atoms with E-state index in [4.69, 9.17) is 16.3 Å². The standard InChI is InChI=1S/C17H24ClNO2/c1-13(2)21-17(20)10-15-4-3-9-19(12-15)11-14-5-7-16(18)8-6-14/h5-8,13,15H,3-4,9-12H2,1-2H3. The third-order valence-electron chi connectivity index (χ3n) is 3.75. The average Bonchev–Trinajstić information content (AvgIpc) is 2.41. The third-order valence-corrected chi connectivity index (χ3v) is 4.00. The zero-order valence-electron chi connectivity index (χ0n) is 12.8. The predicted molar refractivity (Wildman–Crippen MR) is 85.3 cm³/mol. The molecule has 1 aromatic carbocycles. The highest BCUT2D eigenvalue weighted by Gasteiger charge is 2.23. The number of hydrogen-bond acceptors (Lipinski definition) is 3. The van der Waals surface area contributed by atoms with Gasteiger partial charge in [-0.15, -0.1) is 0 Å². The first-order chi connectivity index (χ1) is 10.0. The van der Waals surface area contributed by atoms with Gasteiger partial charge in [-0.25, -0.2) is 0 Å². The summed E-state index contributed by atoms with van der Waals surface area (Å²) in [5.41, 5.74) is 1.27. The number of benzene rings is 1. The third kappa shape index (κ3) is 5.68. The molecule has 0 aromatic heterocycles. The van der Waals surface area contributed by atoms with E-state index in [-0.39, 0.29) is 12.1 Å². The smallest absolute Gasteiger partial charge is 0.306 e. The summed E-state index contributed by atoms with van der Waals surface area (Å²) in [6.07, 6.45) is 2.78. The van der Waals surface area contributed by atoms with Crippen molar-refractivity contribution in [2.75, 3.05) is 13.1 Å². The first-order valence-electron chi connectivity index (χ1n) is 7.69. The van der Waals surface area contributed by atoms with Gasteiger partial charge < -0.3 is 4.74 Å². The maximum atomic E-state index is 11.8. The van der Waals surface area contributed by atoms with E-state index >= 15 is 0 Å². The van der Waals surface area contributed by atoms with Gasteiger partial charge in [0.05, 0.1) is 6.10 Å². The van der Waals surface area contributed by atoms with E-state index in [0.717, 1.165) is 37.5 Å². The molecule has 1 aliphatic heterocycles. The van der Waals surface area contributed by atoms with E-state index < -0.39 is 0 Å². The number of halogens is 1. The van der Waals surface area contributed by atoms with E-state index in [0.29, 0.717) is 12.3 Å². The van der Waals surface area contributed by atoms with Crippen LogP contribution in [0.25, 0.3) is 0 Å². The molecular formula is C17H24ClNO2. The number of carbonyl (C=O) groups is 1. The van der Waals surface area contributed by atoms with E-state index in [9.17, 15) is 4.79 Å². The number of carbonyl (C=O) groups excluding carboxylic acids is 1. The lowest BCUT2D eigenvalue weighted by Gasteiger charge is -2.32. The molecular weight excluding hydrogens is 286 g/mol. The molecule has 0 amide bonds. The summed E-state index contributed by atoms with van der Waals surface area (Å²) in [6, 6.07) is 7.99. The van der Waals surface area contributed by atoms with Gasteiger partial charge in [0.2, 0.25) is 0 Å². The van der Waals surface area contributed by atoms with Crippen molar-refractivity contribution in [1.29, 1.82) is 0 Å². The monoisotopic (exact) mass is 309 g/mol. The molecule has 0 spiro atoms. The summed E-state index contributed by atoms with van der Waals surface area (Å²) < 4.78 is 5.25. The highest BCUT2D eigenvalue weighted by molar-refractivity contribution is 6.30. The van der Waals surface area contributed by atoms with Gasteiger partial charge in [0.15, 0.2) is 0 Å². The Labute approximate surface area is 132 Å². The Balaban J connectivity index is 1.83. The molecule has 0 N–H and O–H groups in total. The van der Waals surface area contributed by atoms with Crippen molar-refractivity contribution in [2.45, 2.75) is 45.8 Å². The molecule has 0 saturated carbocycles. The van der Waals surface area contributed by atoms with Gasteiger partial charge in [0, 0.05) is 24.5 Å². The molecule has 116 valence electrons. The van der Waals surface area contributed by atoms with Gasteiger partial charge in [0.25, 0.3) is 0 Å². The van der Waals surface area contributed by atoms with Crippen LogP contribution < -0.4 is 0 Å². The highest BCUT2D eigenvalue weighted by atomic mass is 35.5. The minimum Gasteiger partial charge on any atom is -0.463 e. The quantitative estimate of drug-likeness (QED) is 0.773. The molecule has 1 aromatic rings. The largest absolute Gasteiger partial charge is 0.463 e. The second-order valence-electron chi connectivity index (χ2n) is 6.11. The van der Waals surface area contributed by atoms with Gasteiger partial charge in [-0.05, 0) is 56.8 Å². The van der Waals surface area contributed by atoms with Gasteiger partial charge in [0.1, 0.15) is 0 Å². The molecule has 4 heteroatoms. The van der Waals surface area contributed by atoms with Crippen molar-refractivity contribution < 1.29 is 9.53 Å². The summed E-state index contributed by atoms with van der Waals surface area (Å²) in [4.78, 5) is 14.2. The van der Waals surface area contributed by atoms with E-state index in [2.05, 4.69) is 17.0 Å². The Morgan fingerprint density at radius 3 is 2.76 bits per heavy atom. The number of likely N-dealkylation sites (tertiary alicyclic amines) is 1. The fourth-order valence-electron chi connectivity index (χ4n) is 2.86. The number of esters is 1. The van der Waals surface area contributed by atoms with Crippen LogP contribution >= 0.6 is 11.6 Å². The van der Waals surface area contributed by atoms with Crippen LogP contribution in [0.15, 0.2) is 24.3 Å². The van der Waals surface area contributed by atoms with Crippen molar-refractivity contribution in [3.05, 3.63) is 34.9 Å². The van der Waals surface area contributed by atoms with Crippen molar-refractivity contribution >= 4 is 17.6 Å². The molecule has 1 heterocycles. The number of rotatable bonds is 5. The van der Waals surface area contributed by atoms with Crippen LogP contribution in [0, 0.1) is 5.92 Å². The van der Waals surface area contributed by atoms with Crippen molar-refractivity contribution in [3.63, 3.8) is 0 Å². The van der Waals surface area contributed by atoms with E-state index in [1.807, 2.05) is 26.0 Å². The number of nitrogens with zero attached hydrogens (tertiary/aromatic N) is 1. The van der Waals surface area contributed by atoms with Crippen LogP contribution in [0.5, 0.6) is 0 Å². The lowest BCUT2D eigenvalue weighted by Crippen LogP contribution is -2.36. The van der Waals surface area contributed by atoms with Crippen molar-refractivity contribution in [2.24, 2.45) is 5.92 Å². The molecule has 1 atom stereocenters. The number of ether oxygens (including phenoxy) is 1. The summed E-state index contributed by atoms with van der Waals surface area (Å²) in [5, 5.41) is 0.770. The molecule has 1 fully saturated rings. The minimum atomic E-state index is -0.0663. The van der Waals surface area contributed by atoms with Crippen LogP contribution in [-0.2, 0) is 16.1 Å². The zero-order valence-corrected chi connectivity index (χ0v) is 13.6. The van der Waals surface area contributed by atoms with E-state index in [1.54, 1.807) is 0 Å². The lowest BCUT2D eigenvalue weighted by molar-refractivity contribution is -0.149.